The third kappa shape index (κ3) is 3.64. The number of amides is 4. The molecule has 44 heavy (non-hydrogen) atoms. The van der Waals surface area contributed by atoms with Gasteiger partial charge in [0.15, 0.2) is 0 Å². The van der Waals surface area contributed by atoms with E-state index in [1.54, 1.807) is 19.4 Å². The fourth-order valence-corrected chi connectivity index (χ4v) is 12.4. The predicted octanol–water partition coefficient (Wildman–Crippen LogP) is 3.54. The molecule has 4 bridgehead atoms. The van der Waals surface area contributed by atoms with E-state index >= 15 is 0 Å². The molecule has 4 heterocycles. The molecule has 10 rings (SSSR count). The number of hydrogen-bond acceptors (Lipinski definition) is 6. The lowest BCUT2D eigenvalue weighted by Gasteiger charge is -2.57. The van der Waals surface area contributed by atoms with E-state index in [-0.39, 0.29) is 29.5 Å². The van der Waals surface area contributed by atoms with Gasteiger partial charge in [-0.2, -0.15) is 0 Å². The highest BCUT2D eigenvalue weighted by atomic mass is 16.2. The highest BCUT2D eigenvalue weighted by molar-refractivity contribution is 6.11. The van der Waals surface area contributed by atoms with Crippen LogP contribution in [0.4, 0.5) is 0 Å². The first kappa shape index (κ1) is 30.3. The van der Waals surface area contributed by atoms with E-state index in [0.717, 1.165) is 35.2 Å². The van der Waals surface area contributed by atoms with Crippen LogP contribution in [0, 0.1) is 70.0 Å². The summed E-state index contributed by atoms with van der Waals surface area (Å²) in [5, 5.41) is 0. The monoisotopic (exact) mass is 604 g/mol. The zero-order chi connectivity index (χ0) is 31.6. The third-order valence-electron chi connectivity index (χ3n) is 14.1. The van der Waals surface area contributed by atoms with E-state index in [0.29, 0.717) is 18.5 Å². The first-order valence-electron chi connectivity index (χ1n) is 17.4. The minimum absolute atomic E-state index is 0.176. The van der Waals surface area contributed by atoms with Crippen molar-refractivity contribution >= 4 is 23.6 Å². The van der Waals surface area contributed by atoms with Crippen molar-refractivity contribution in [2.24, 2.45) is 70.0 Å². The molecule has 240 valence electrons. The summed E-state index contributed by atoms with van der Waals surface area (Å²) in [5.74, 6) is 1.55. The number of rotatable bonds is 4. The van der Waals surface area contributed by atoms with Crippen LogP contribution in [0.5, 0.6) is 0 Å². The summed E-state index contributed by atoms with van der Waals surface area (Å²) in [6.07, 6.45) is 4.70. The van der Waals surface area contributed by atoms with Gasteiger partial charge in [0.25, 0.3) is 0 Å². The van der Waals surface area contributed by atoms with Crippen molar-refractivity contribution in [1.29, 1.82) is 0 Å². The van der Waals surface area contributed by atoms with Crippen molar-refractivity contribution in [2.45, 2.75) is 55.4 Å². The Kier molecular flexibility index (Phi) is 6.96. The highest BCUT2D eigenvalue weighted by Crippen LogP contribution is 2.66. The summed E-state index contributed by atoms with van der Waals surface area (Å²) in [5.41, 5.74) is 2.41. The Morgan fingerprint density at radius 1 is 0.568 bits per heavy atom. The Balaban J connectivity index is 0.000000144. The van der Waals surface area contributed by atoms with Crippen molar-refractivity contribution in [3.63, 3.8) is 0 Å². The van der Waals surface area contributed by atoms with Crippen molar-refractivity contribution in [1.82, 2.24) is 19.6 Å². The van der Waals surface area contributed by atoms with E-state index in [4.69, 9.17) is 0 Å². The van der Waals surface area contributed by atoms with Crippen molar-refractivity contribution in [3.8, 4) is 0 Å². The molecule has 0 N–H and O–H groups in total. The molecule has 8 unspecified atom stereocenters. The van der Waals surface area contributed by atoms with E-state index in [2.05, 4.69) is 43.6 Å². The Morgan fingerprint density at radius 2 is 0.977 bits per heavy atom. The Labute approximate surface area is 263 Å². The van der Waals surface area contributed by atoms with Gasteiger partial charge in [-0.05, 0) is 75.8 Å². The molecule has 0 aromatic heterocycles. The van der Waals surface area contributed by atoms with Gasteiger partial charge in [-0.3, -0.25) is 29.0 Å². The van der Waals surface area contributed by atoms with E-state index < -0.39 is 29.1 Å². The molecule has 4 saturated heterocycles. The molecule has 0 radical (unpaired) electrons. The maximum absolute atomic E-state index is 12.9. The second kappa shape index (κ2) is 10.1. The normalized spacial score (nSPS) is 47.0. The van der Waals surface area contributed by atoms with Crippen LogP contribution in [0.25, 0.3) is 0 Å². The Bertz CT molecular complexity index is 1290. The van der Waals surface area contributed by atoms with Gasteiger partial charge in [-0.1, -0.05) is 51.0 Å². The average molecular weight is 605 g/mol. The molecule has 0 aromatic rings. The lowest BCUT2D eigenvalue weighted by molar-refractivity contribution is -0.146. The van der Waals surface area contributed by atoms with Gasteiger partial charge in [-0.25, -0.2) is 0 Å². The second-order valence-corrected chi connectivity index (χ2v) is 15.7. The minimum atomic E-state index is -0.762. The molecule has 6 aliphatic carbocycles. The topological polar surface area (TPSA) is 81.2 Å². The molecule has 6 fully saturated rings. The summed E-state index contributed by atoms with van der Waals surface area (Å²) >= 11 is 0. The van der Waals surface area contributed by atoms with E-state index in [1.807, 2.05) is 19.9 Å². The number of nitrogens with zero attached hydrogens (tertiary/aromatic N) is 4. The number of carbonyl (C=O) groups excluding carboxylic acids is 4. The number of likely N-dealkylation sites (tertiary alicyclic amines) is 4. The van der Waals surface area contributed by atoms with Gasteiger partial charge >= 0.3 is 0 Å². The predicted molar refractivity (Wildman–Crippen MR) is 168 cm³/mol. The lowest BCUT2D eigenvalue weighted by Crippen LogP contribution is -2.57. The zero-order valence-corrected chi connectivity index (χ0v) is 28.0. The molecule has 4 amide bonds. The fourth-order valence-electron chi connectivity index (χ4n) is 12.4. The van der Waals surface area contributed by atoms with E-state index in [9.17, 15) is 19.2 Å². The van der Waals surface area contributed by atoms with Crippen LogP contribution in [0.2, 0.25) is 0 Å². The molecule has 0 aromatic carbocycles. The Morgan fingerprint density at radius 3 is 1.39 bits per heavy atom. The van der Waals surface area contributed by atoms with Gasteiger partial charge in [0.2, 0.25) is 23.6 Å². The SMILES string of the molecule is CCN1C(=O)C2C3C(C)=CC(C)(C2C1=O)C1C(=O)N(CC)C(=O)C31.CCN1CC2C3C(C)=CC(C)(C2C1)C1CN(CC)CC31. The summed E-state index contributed by atoms with van der Waals surface area (Å²) in [4.78, 5) is 59.5. The number of imide groups is 2. The maximum atomic E-state index is 12.9. The van der Waals surface area contributed by atoms with Crippen LogP contribution in [0.15, 0.2) is 23.3 Å². The summed E-state index contributed by atoms with van der Waals surface area (Å²) in [6.45, 7) is 25.7. The molecule has 10 aliphatic rings. The minimum Gasteiger partial charge on any atom is -0.303 e. The van der Waals surface area contributed by atoms with Gasteiger partial charge in [0.1, 0.15) is 0 Å². The smallest absolute Gasteiger partial charge is 0.233 e. The standard InChI is InChI=1S/C18H22N2O4.C18H30N2/c1-5-19-14(21)10-9-8(3)7-18(4,12(10)16(19)23)13-11(9)15(22)20(6-2)17(13)24;1-5-19-8-13-15(10-19)18(4)7-12(3)17(13)14-9-20(6-2)11-16(14)18/h7,9-13H,5-6H2,1-4H3;7,13-17H,5-6,8-11H2,1-4H3. The van der Waals surface area contributed by atoms with Crippen molar-refractivity contribution < 1.29 is 19.2 Å². The molecule has 8 nitrogen and oxygen atoms in total. The molecule has 4 aliphatic heterocycles. The molecule has 2 saturated carbocycles. The van der Waals surface area contributed by atoms with Crippen LogP contribution < -0.4 is 0 Å². The third-order valence-corrected chi connectivity index (χ3v) is 14.1. The highest BCUT2D eigenvalue weighted by Gasteiger charge is 2.73. The largest absolute Gasteiger partial charge is 0.303 e. The number of hydrogen-bond donors (Lipinski definition) is 0. The van der Waals surface area contributed by atoms with Crippen LogP contribution in [0.3, 0.4) is 0 Å². The quantitative estimate of drug-likeness (QED) is 0.361. The summed E-state index contributed by atoms with van der Waals surface area (Å²) in [6, 6.07) is 0. The van der Waals surface area contributed by atoms with Gasteiger partial charge < -0.3 is 9.80 Å². The summed E-state index contributed by atoms with van der Waals surface area (Å²) in [7, 11) is 0. The molecule has 0 spiro atoms. The second-order valence-electron chi connectivity index (χ2n) is 15.7. The summed E-state index contributed by atoms with van der Waals surface area (Å²) < 4.78 is 0. The average Bonchev–Trinajstić information content (AvgIpc) is 3.73. The molecular formula is C36H52N4O4. The van der Waals surface area contributed by atoms with E-state index in [1.165, 1.54) is 49.1 Å². The van der Waals surface area contributed by atoms with Crippen molar-refractivity contribution in [2.75, 3.05) is 52.4 Å². The van der Waals surface area contributed by atoms with Gasteiger partial charge in [0.05, 0.1) is 23.7 Å². The van der Waals surface area contributed by atoms with Gasteiger partial charge in [-0.15, -0.1) is 0 Å². The maximum Gasteiger partial charge on any atom is 0.233 e. The molecule has 8 heteroatoms. The number of allylic oxidation sites excluding steroid dienone is 4. The number of carbonyl (C=O) groups is 4. The lowest BCUT2D eigenvalue weighted by atomic mass is 9.46. The molecular weight excluding hydrogens is 552 g/mol. The van der Waals surface area contributed by atoms with Gasteiger partial charge in [0, 0.05) is 50.6 Å². The molecule has 8 atom stereocenters. The fraction of sp³-hybridized carbons (Fsp3) is 0.778. The Hall–Kier alpha value is -2.32. The first-order valence-corrected chi connectivity index (χ1v) is 17.4. The van der Waals surface area contributed by atoms with Crippen LogP contribution in [0.1, 0.15) is 55.4 Å². The zero-order valence-electron chi connectivity index (χ0n) is 28.0. The van der Waals surface area contributed by atoms with Crippen LogP contribution >= 0.6 is 0 Å². The van der Waals surface area contributed by atoms with Crippen molar-refractivity contribution in [3.05, 3.63) is 23.3 Å². The first-order chi connectivity index (χ1) is 20.9. The van der Waals surface area contributed by atoms with Crippen LogP contribution in [-0.4, -0.2) is 95.6 Å². The van der Waals surface area contributed by atoms with Crippen LogP contribution in [-0.2, 0) is 19.2 Å².